The van der Waals surface area contributed by atoms with Crippen molar-refractivity contribution in [2.75, 3.05) is 33.1 Å². The van der Waals surface area contributed by atoms with Gasteiger partial charge in [0.15, 0.2) is 0 Å². The molecule has 0 heterocycles. The Hall–Kier alpha value is 0.250. The number of hydrogen-bond donors (Lipinski definition) is 0. The molecule has 0 radical (unpaired) electrons. The molecule has 25 heavy (non-hydrogen) atoms. The smallest absolute Gasteiger partial charge is 0.0794 e. The van der Waals surface area contributed by atoms with Crippen LogP contribution in [0.5, 0.6) is 0 Å². The summed E-state index contributed by atoms with van der Waals surface area (Å²) < 4.78 is 1.14. The highest BCUT2D eigenvalue weighted by atomic mass is 35.5. The number of unbranched alkanes of at least 4 members (excludes halogenated alkanes) is 15. The first-order valence-corrected chi connectivity index (χ1v) is 12.0. The predicted octanol–water partition coefficient (Wildman–Crippen LogP) is 7.95. The first-order valence-electron chi connectivity index (χ1n) is 11.5. The van der Waals surface area contributed by atoms with Gasteiger partial charge in [-0.05, 0) is 12.8 Å². The normalized spacial score (nSPS) is 12.0. The highest BCUT2D eigenvalue weighted by molar-refractivity contribution is 6.17. The summed E-state index contributed by atoms with van der Waals surface area (Å²) in [4.78, 5) is 0. The van der Waals surface area contributed by atoms with E-state index in [1.807, 2.05) is 0 Å². The molecule has 0 spiro atoms. The molecule has 0 amide bonds. The van der Waals surface area contributed by atoms with Crippen molar-refractivity contribution in [3.63, 3.8) is 0 Å². The van der Waals surface area contributed by atoms with Gasteiger partial charge in [-0.2, -0.15) is 0 Å². The highest BCUT2D eigenvalue weighted by Gasteiger charge is 2.12. The molecular formula is C23H49ClN+. The van der Waals surface area contributed by atoms with Crippen molar-refractivity contribution in [3.8, 4) is 0 Å². The standard InChI is InChI=1S/C23H49ClN/c1-4-5-6-7-8-9-10-11-12-13-14-15-16-17-18-19-22-25(2,3)23-20-21-24/h4-23H2,1-3H3/q+1. The van der Waals surface area contributed by atoms with Crippen LogP contribution in [0.1, 0.15) is 116 Å². The van der Waals surface area contributed by atoms with Crippen LogP contribution in [0.15, 0.2) is 0 Å². The number of hydrogen-bond acceptors (Lipinski definition) is 0. The average molecular weight is 375 g/mol. The molecule has 0 aromatic carbocycles. The average Bonchev–Trinajstić information content (AvgIpc) is 2.59. The Balaban J connectivity index is 3.14. The van der Waals surface area contributed by atoms with Gasteiger partial charge in [-0.15, -0.1) is 11.6 Å². The van der Waals surface area contributed by atoms with Crippen LogP contribution in [0.25, 0.3) is 0 Å². The lowest BCUT2D eigenvalue weighted by Crippen LogP contribution is -2.41. The van der Waals surface area contributed by atoms with Gasteiger partial charge in [0.25, 0.3) is 0 Å². The fourth-order valence-corrected chi connectivity index (χ4v) is 3.81. The van der Waals surface area contributed by atoms with E-state index < -0.39 is 0 Å². The highest BCUT2D eigenvalue weighted by Crippen LogP contribution is 2.14. The molecule has 0 saturated heterocycles. The number of quaternary nitrogens is 1. The van der Waals surface area contributed by atoms with Gasteiger partial charge in [0.2, 0.25) is 0 Å². The summed E-state index contributed by atoms with van der Waals surface area (Å²) in [5.74, 6) is 0.806. The van der Waals surface area contributed by atoms with Gasteiger partial charge < -0.3 is 4.48 Å². The molecule has 0 N–H and O–H groups in total. The molecule has 0 rings (SSSR count). The molecule has 0 bridgehead atoms. The molecule has 2 heteroatoms. The van der Waals surface area contributed by atoms with E-state index in [9.17, 15) is 0 Å². The molecule has 1 nitrogen and oxygen atoms in total. The minimum atomic E-state index is 0.806. The first kappa shape index (κ1) is 25.2. The van der Waals surface area contributed by atoms with Crippen LogP contribution in [0.2, 0.25) is 0 Å². The van der Waals surface area contributed by atoms with E-state index in [0.717, 1.165) is 16.8 Å². The monoisotopic (exact) mass is 374 g/mol. The maximum atomic E-state index is 5.80. The van der Waals surface area contributed by atoms with Gasteiger partial charge in [0.05, 0.1) is 27.2 Å². The number of halogens is 1. The second kappa shape index (κ2) is 19.0. The molecule has 0 aromatic rings. The van der Waals surface area contributed by atoms with Gasteiger partial charge in [-0.3, -0.25) is 0 Å². The molecule has 152 valence electrons. The van der Waals surface area contributed by atoms with Gasteiger partial charge in [0.1, 0.15) is 0 Å². The minimum absolute atomic E-state index is 0.806. The van der Waals surface area contributed by atoms with E-state index in [-0.39, 0.29) is 0 Å². The molecule has 0 aromatic heterocycles. The van der Waals surface area contributed by atoms with E-state index in [1.165, 1.54) is 116 Å². The predicted molar refractivity (Wildman–Crippen MR) is 117 cm³/mol. The zero-order valence-corrected chi connectivity index (χ0v) is 18.7. The Morgan fingerprint density at radius 2 is 0.800 bits per heavy atom. The van der Waals surface area contributed by atoms with Crippen LogP contribution in [0.4, 0.5) is 0 Å². The van der Waals surface area contributed by atoms with Crippen LogP contribution in [0.3, 0.4) is 0 Å². The van der Waals surface area contributed by atoms with Crippen molar-refractivity contribution in [3.05, 3.63) is 0 Å². The third-order valence-corrected chi connectivity index (χ3v) is 5.78. The van der Waals surface area contributed by atoms with Crippen molar-refractivity contribution in [1.29, 1.82) is 0 Å². The lowest BCUT2D eigenvalue weighted by molar-refractivity contribution is -0.890. The quantitative estimate of drug-likeness (QED) is 0.115. The van der Waals surface area contributed by atoms with Gasteiger partial charge in [-0.25, -0.2) is 0 Å². The summed E-state index contributed by atoms with van der Waals surface area (Å²) >= 11 is 5.80. The van der Waals surface area contributed by atoms with Gasteiger partial charge in [-0.1, -0.05) is 96.8 Å². The van der Waals surface area contributed by atoms with Crippen LogP contribution >= 0.6 is 11.6 Å². The molecule has 0 saturated carbocycles. The van der Waals surface area contributed by atoms with Crippen LogP contribution in [0, 0.1) is 0 Å². The zero-order chi connectivity index (χ0) is 18.6. The molecule has 0 unspecified atom stereocenters. The molecule has 0 aliphatic heterocycles. The van der Waals surface area contributed by atoms with Crippen LogP contribution < -0.4 is 0 Å². The molecule has 0 aliphatic rings. The molecular weight excluding hydrogens is 326 g/mol. The third kappa shape index (κ3) is 20.4. The Kier molecular flexibility index (Phi) is 19.2. The van der Waals surface area contributed by atoms with E-state index in [0.29, 0.717) is 0 Å². The van der Waals surface area contributed by atoms with E-state index in [4.69, 9.17) is 11.6 Å². The Morgan fingerprint density at radius 3 is 1.16 bits per heavy atom. The topological polar surface area (TPSA) is 0 Å². The second-order valence-electron chi connectivity index (χ2n) is 8.73. The number of alkyl halides is 1. The van der Waals surface area contributed by atoms with Crippen molar-refractivity contribution in [1.82, 2.24) is 0 Å². The Morgan fingerprint density at radius 1 is 0.480 bits per heavy atom. The minimum Gasteiger partial charge on any atom is -0.328 e. The summed E-state index contributed by atoms with van der Waals surface area (Å²) in [6, 6.07) is 0. The van der Waals surface area contributed by atoms with E-state index in [2.05, 4.69) is 21.0 Å². The van der Waals surface area contributed by atoms with Crippen molar-refractivity contribution < 1.29 is 4.48 Å². The molecule has 0 aliphatic carbocycles. The van der Waals surface area contributed by atoms with E-state index in [1.54, 1.807) is 0 Å². The van der Waals surface area contributed by atoms with E-state index >= 15 is 0 Å². The third-order valence-electron chi connectivity index (χ3n) is 5.51. The summed E-state index contributed by atoms with van der Waals surface area (Å²) in [5, 5.41) is 0. The lowest BCUT2D eigenvalue weighted by Gasteiger charge is -2.29. The van der Waals surface area contributed by atoms with Gasteiger partial charge >= 0.3 is 0 Å². The summed E-state index contributed by atoms with van der Waals surface area (Å²) in [7, 11) is 4.69. The number of rotatable bonds is 20. The SMILES string of the molecule is CCCCCCCCCCCCCCCCCC[N+](C)(C)CCCCl. The van der Waals surface area contributed by atoms with Crippen LogP contribution in [-0.2, 0) is 0 Å². The van der Waals surface area contributed by atoms with Crippen LogP contribution in [-0.4, -0.2) is 37.5 Å². The fourth-order valence-electron chi connectivity index (χ4n) is 3.69. The maximum Gasteiger partial charge on any atom is 0.0794 e. The molecule has 0 atom stereocenters. The Labute approximate surface area is 165 Å². The lowest BCUT2D eigenvalue weighted by atomic mass is 10.0. The summed E-state index contributed by atoms with van der Waals surface area (Å²) in [6.07, 6.45) is 24.3. The first-order chi connectivity index (χ1) is 12.1. The number of nitrogens with zero attached hydrogens (tertiary/aromatic N) is 1. The summed E-state index contributed by atoms with van der Waals surface area (Å²) in [6.45, 7) is 4.84. The maximum absolute atomic E-state index is 5.80. The second-order valence-corrected chi connectivity index (χ2v) is 9.11. The van der Waals surface area contributed by atoms with Crippen molar-refractivity contribution in [2.45, 2.75) is 116 Å². The van der Waals surface area contributed by atoms with Crippen molar-refractivity contribution in [2.24, 2.45) is 0 Å². The van der Waals surface area contributed by atoms with Crippen molar-refractivity contribution >= 4 is 11.6 Å². The Bertz CT molecular complexity index is 252. The largest absolute Gasteiger partial charge is 0.328 e. The molecule has 0 fully saturated rings. The van der Waals surface area contributed by atoms with Gasteiger partial charge in [0, 0.05) is 12.3 Å². The summed E-state index contributed by atoms with van der Waals surface area (Å²) in [5.41, 5.74) is 0. The zero-order valence-electron chi connectivity index (χ0n) is 18.0. The fraction of sp³-hybridized carbons (Fsp3) is 1.00.